The first kappa shape index (κ1) is 8.74. The summed E-state index contributed by atoms with van der Waals surface area (Å²) in [5, 5.41) is 4.59. The molecule has 0 spiro atoms. The third-order valence-corrected chi connectivity index (χ3v) is 3.46. The lowest BCUT2D eigenvalue weighted by atomic mass is 10.2. The van der Waals surface area contributed by atoms with E-state index in [2.05, 4.69) is 5.32 Å². The number of hydrogen-bond acceptors (Lipinski definition) is 3. The molecule has 0 unspecified atom stereocenters. The van der Waals surface area contributed by atoms with Gasteiger partial charge in [0.25, 0.3) is 0 Å². The molecule has 13 heavy (non-hydrogen) atoms. The topological polar surface area (TPSA) is 58.4 Å². The van der Waals surface area contributed by atoms with Gasteiger partial charge in [-0.1, -0.05) is 0 Å². The standard InChI is InChI=1S/C8H13N3OS/c9-8(12)11-3-1-6(5-11)7-10-2-4-13-7/h10H,1-5H2,(H2,9,12). The molecule has 0 saturated carbocycles. The van der Waals surface area contributed by atoms with Crippen LogP contribution in [0.1, 0.15) is 6.42 Å². The average molecular weight is 199 g/mol. The molecule has 0 aromatic rings. The van der Waals surface area contributed by atoms with Crippen molar-refractivity contribution in [1.82, 2.24) is 10.2 Å². The second kappa shape index (κ2) is 3.49. The Balaban J connectivity index is 2.04. The number of likely N-dealkylation sites (tertiary alicyclic amines) is 1. The highest BCUT2D eigenvalue weighted by Crippen LogP contribution is 2.27. The highest BCUT2D eigenvalue weighted by atomic mass is 32.2. The van der Waals surface area contributed by atoms with Gasteiger partial charge in [-0.2, -0.15) is 0 Å². The predicted octanol–water partition coefficient (Wildman–Crippen LogP) is 0.319. The number of nitrogens with one attached hydrogen (secondary N) is 1. The van der Waals surface area contributed by atoms with Crippen LogP contribution in [0.2, 0.25) is 0 Å². The van der Waals surface area contributed by atoms with Crippen LogP contribution >= 0.6 is 11.8 Å². The number of primary amides is 1. The summed E-state index contributed by atoms with van der Waals surface area (Å²) in [6.07, 6.45) is 0.971. The Kier molecular flexibility index (Phi) is 2.35. The van der Waals surface area contributed by atoms with Gasteiger partial charge >= 0.3 is 6.03 Å². The van der Waals surface area contributed by atoms with E-state index < -0.39 is 0 Å². The molecule has 0 aliphatic carbocycles. The molecule has 2 saturated heterocycles. The molecule has 3 N–H and O–H groups in total. The number of urea groups is 1. The van der Waals surface area contributed by atoms with Crippen molar-refractivity contribution in [3.8, 4) is 0 Å². The third-order valence-electron chi connectivity index (χ3n) is 2.33. The largest absolute Gasteiger partial charge is 0.379 e. The zero-order valence-electron chi connectivity index (χ0n) is 7.38. The number of amides is 2. The van der Waals surface area contributed by atoms with Crippen molar-refractivity contribution < 1.29 is 4.79 Å². The van der Waals surface area contributed by atoms with Crippen molar-refractivity contribution >= 4 is 17.8 Å². The molecule has 2 rings (SSSR count). The normalized spacial score (nSPS) is 27.8. The van der Waals surface area contributed by atoms with Gasteiger partial charge in [-0.15, -0.1) is 11.8 Å². The summed E-state index contributed by atoms with van der Waals surface area (Å²) in [6.45, 7) is 2.53. The molecule has 2 aliphatic rings. The molecular weight excluding hydrogens is 186 g/mol. The quantitative estimate of drug-likeness (QED) is 0.590. The first-order valence-corrected chi connectivity index (χ1v) is 5.39. The maximum absolute atomic E-state index is 10.9. The summed E-state index contributed by atoms with van der Waals surface area (Å²) < 4.78 is 0. The van der Waals surface area contributed by atoms with E-state index in [-0.39, 0.29) is 6.03 Å². The molecule has 72 valence electrons. The van der Waals surface area contributed by atoms with E-state index in [0.29, 0.717) is 6.54 Å². The van der Waals surface area contributed by atoms with E-state index in [0.717, 1.165) is 25.3 Å². The maximum Gasteiger partial charge on any atom is 0.315 e. The average Bonchev–Trinajstić information content (AvgIpc) is 2.75. The minimum absolute atomic E-state index is 0.307. The van der Waals surface area contributed by atoms with Crippen LogP contribution in [0, 0.1) is 0 Å². The Bertz CT molecular complexity index is 256. The minimum Gasteiger partial charge on any atom is -0.379 e. The number of nitrogens with two attached hydrogens (primary N) is 1. The Labute approximate surface area is 81.5 Å². The fourth-order valence-electron chi connectivity index (χ4n) is 1.63. The first-order valence-electron chi connectivity index (χ1n) is 4.40. The van der Waals surface area contributed by atoms with E-state index in [4.69, 9.17) is 5.73 Å². The van der Waals surface area contributed by atoms with E-state index in [9.17, 15) is 4.79 Å². The van der Waals surface area contributed by atoms with Crippen LogP contribution < -0.4 is 11.1 Å². The smallest absolute Gasteiger partial charge is 0.315 e. The van der Waals surface area contributed by atoms with Gasteiger partial charge in [0.1, 0.15) is 0 Å². The van der Waals surface area contributed by atoms with E-state index in [1.807, 2.05) is 11.8 Å². The Hall–Kier alpha value is -0.840. The summed E-state index contributed by atoms with van der Waals surface area (Å²) in [7, 11) is 0. The van der Waals surface area contributed by atoms with Gasteiger partial charge in [0.15, 0.2) is 0 Å². The van der Waals surface area contributed by atoms with Crippen molar-refractivity contribution in [1.29, 1.82) is 0 Å². The molecule has 2 amide bonds. The summed E-state index contributed by atoms with van der Waals surface area (Å²) >= 11 is 1.84. The SMILES string of the molecule is NC(=O)N1CCC(=C2NCCS2)C1. The highest BCUT2D eigenvalue weighted by molar-refractivity contribution is 8.03. The van der Waals surface area contributed by atoms with Crippen LogP contribution in [0.15, 0.2) is 10.6 Å². The van der Waals surface area contributed by atoms with Gasteiger partial charge in [0.05, 0.1) is 5.03 Å². The van der Waals surface area contributed by atoms with Crippen molar-refractivity contribution in [2.75, 3.05) is 25.4 Å². The molecule has 2 aliphatic heterocycles. The summed E-state index contributed by atoms with van der Waals surface area (Å²) in [5.74, 6) is 1.13. The molecule has 5 heteroatoms. The van der Waals surface area contributed by atoms with Gasteiger partial charge < -0.3 is 16.0 Å². The van der Waals surface area contributed by atoms with Crippen LogP contribution in [0.4, 0.5) is 4.79 Å². The Morgan fingerprint density at radius 2 is 2.46 bits per heavy atom. The van der Waals surface area contributed by atoms with Crippen LogP contribution in [-0.2, 0) is 0 Å². The van der Waals surface area contributed by atoms with Crippen molar-refractivity contribution in [3.63, 3.8) is 0 Å². The zero-order valence-corrected chi connectivity index (χ0v) is 8.19. The lowest BCUT2D eigenvalue weighted by molar-refractivity contribution is 0.219. The molecule has 0 aromatic carbocycles. The van der Waals surface area contributed by atoms with Crippen molar-refractivity contribution in [3.05, 3.63) is 10.6 Å². The van der Waals surface area contributed by atoms with Crippen LogP contribution in [0.5, 0.6) is 0 Å². The predicted molar refractivity (Wildman–Crippen MR) is 53.3 cm³/mol. The molecule has 4 nitrogen and oxygen atoms in total. The molecule has 0 radical (unpaired) electrons. The second-order valence-corrected chi connectivity index (χ2v) is 4.32. The highest BCUT2D eigenvalue weighted by Gasteiger charge is 2.23. The van der Waals surface area contributed by atoms with Crippen molar-refractivity contribution in [2.45, 2.75) is 6.42 Å². The fraction of sp³-hybridized carbons (Fsp3) is 0.625. The summed E-state index contributed by atoms with van der Waals surface area (Å²) in [4.78, 5) is 12.5. The van der Waals surface area contributed by atoms with Gasteiger partial charge in [-0.3, -0.25) is 0 Å². The summed E-state index contributed by atoms with van der Waals surface area (Å²) in [6, 6.07) is -0.307. The van der Waals surface area contributed by atoms with Gasteiger partial charge in [0.2, 0.25) is 0 Å². The fourth-order valence-corrected chi connectivity index (χ4v) is 2.61. The van der Waals surface area contributed by atoms with Gasteiger partial charge in [-0.05, 0) is 12.0 Å². The van der Waals surface area contributed by atoms with E-state index in [1.54, 1.807) is 4.90 Å². The van der Waals surface area contributed by atoms with E-state index >= 15 is 0 Å². The molecule has 0 bridgehead atoms. The van der Waals surface area contributed by atoms with Crippen LogP contribution in [-0.4, -0.2) is 36.3 Å². The van der Waals surface area contributed by atoms with Crippen LogP contribution in [0.25, 0.3) is 0 Å². The molecule has 0 aromatic heterocycles. The molecule has 0 atom stereocenters. The lowest BCUT2D eigenvalue weighted by Crippen LogP contribution is -2.33. The van der Waals surface area contributed by atoms with E-state index in [1.165, 1.54) is 10.6 Å². The first-order chi connectivity index (χ1) is 6.27. The number of hydrogen-bond donors (Lipinski definition) is 2. The summed E-state index contributed by atoms with van der Waals surface area (Å²) in [5.41, 5.74) is 6.53. The monoisotopic (exact) mass is 199 g/mol. The number of thioether (sulfide) groups is 1. The maximum atomic E-state index is 10.9. The number of carbonyl (C=O) groups is 1. The van der Waals surface area contributed by atoms with Crippen molar-refractivity contribution in [2.24, 2.45) is 5.73 Å². The Morgan fingerprint density at radius 1 is 1.62 bits per heavy atom. The number of carbonyl (C=O) groups excluding carboxylic acids is 1. The molecule has 2 fully saturated rings. The molecular formula is C8H13N3OS. The number of nitrogens with zero attached hydrogens (tertiary/aromatic N) is 1. The molecule has 2 heterocycles. The Morgan fingerprint density at radius 3 is 3.00 bits per heavy atom. The second-order valence-electron chi connectivity index (χ2n) is 3.22. The number of rotatable bonds is 0. The third kappa shape index (κ3) is 1.75. The lowest BCUT2D eigenvalue weighted by Gasteiger charge is -2.10. The minimum atomic E-state index is -0.307. The van der Waals surface area contributed by atoms with Gasteiger partial charge in [-0.25, -0.2) is 4.79 Å². The van der Waals surface area contributed by atoms with Crippen LogP contribution in [0.3, 0.4) is 0 Å². The van der Waals surface area contributed by atoms with Gasteiger partial charge in [0, 0.05) is 25.4 Å². The zero-order chi connectivity index (χ0) is 9.26.